The van der Waals surface area contributed by atoms with Gasteiger partial charge in [-0.05, 0) is 24.1 Å². The van der Waals surface area contributed by atoms with Crippen molar-refractivity contribution in [2.24, 2.45) is 10.9 Å². The molecule has 0 spiro atoms. The highest BCUT2D eigenvalue weighted by Gasteiger charge is 2.02. The molecule has 0 saturated heterocycles. The lowest BCUT2D eigenvalue weighted by molar-refractivity contribution is 0.117. The van der Waals surface area contributed by atoms with E-state index in [9.17, 15) is 0 Å². The van der Waals surface area contributed by atoms with E-state index in [0.717, 1.165) is 18.6 Å². The molecule has 1 aromatic rings. The molecule has 0 bridgehead atoms. The number of rotatable bonds is 7. The number of ether oxygens (including phenoxy) is 1. The summed E-state index contributed by atoms with van der Waals surface area (Å²) in [7, 11) is 0. The molecule has 0 saturated carbocycles. The van der Waals surface area contributed by atoms with E-state index in [1.165, 1.54) is 12.8 Å². The van der Waals surface area contributed by atoms with Gasteiger partial charge in [0.1, 0.15) is 5.69 Å². The Balaban J connectivity index is 2.43. The maximum atomic E-state index is 8.54. The van der Waals surface area contributed by atoms with E-state index in [-0.39, 0.29) is 5.84 Å². The highest BCUT2D eigenvalue weighted by atomic mass is 16.5. The first-order valence-electron chi connectivity index (χ1n) is 5.78. The standard InChI is InChI=1S/C12H19N3O2/c1-2-3-4-7-17-9-10-5-6-14-11(8-10)12(13)15-16/h5-6,8,16H,2-4,7,9H2,1H3,(H2,13,15). The fraction of sp³-hybridized carbons (Fsp3) is 0.500. The van der Waals surface area contributed by atoms with Gasteiger partial charge in [0.25, 0.3) is 0 Å². The Morgan fingerprint density at radius 1 is 1.53 bits per heavy atom. The molecule has 0 aliphatic carbocycles. The first-order valence-corrected chi connectivity index (χ1v) is 5.78. The molecule has 5 heteroatoms. The predicted molar refractivity (Wildman–Crippen MR) is 65.9 cm³/mol. The van der Waals surface area contributed by atoms with Crippen LogP contribution in [0.4, 0.5) is 0 Å². The predicted octanol–water partition coefficient (Wildman–Crippen LogP) is 1.88. The molecule has 0 aliphatic heterocycles. The van der Waals surface area contributed by atoms with E-state index >= 15 is 0 Å². The van der Waals surface area contributed by atoms with Gasteiger partial charge in [0.2, 0.25) is 0 Å². The fourth-order valence-corrected chi connectivity index (χ4v) is 1.40. The lowest BCUT2D eigenvalue weighted by Crippen LogP contribution is -2.15. The van der Waals surface area contributed by atoms with Crippen molar-refractivity contribution >= 4 is 5.84 Å². The zero-order valence-corrected chi connectivity index (χ0v) is 10.1. The largest absolute Gasteiger partial charge is 0.409 e. The second-order valence-corrected chi connectivity index (χ2v) is 3.79. The summed E-state index contributed by atoms with van der Waals surface area (Å²) >= 11 is 0. The molecular weight excluding hydrogens is 218 g/mol. The van der Waals surface area contributed by atoms with Gasteiger partial charge in [-0.1, -0.05) is 24.9 Å². The van der Waals surface area contributed by atoms with Crippen molar-refractivity contribution in [2.75, 3.05) is 6.61 Å². The lowest BCUT2D eigenvalue weighted by Gasteiger charge is -2.05. The van der Waals surface area contributed by atoms with Crippen LogP contribution in [0.5, 0.6) is 0 Å². The molecule has 17 heavy (non-hydrogen) atoms. The molecule has 0 aliphatic rings. The van der Waals surface area contributed by atoms with Crippen LogP contribution in [0, 0.1) is 0 Å². The van der Waals surface area contributed by atoms with Crippen LogP contribution in [-0.4, -0.2) is 22.6 Å². The lowest BCUT2D eigenvalue weighted by atomic mass is 10.2. The minimum absolute atomic E-state index is 0.0119. The Kier molecular flexibility index (Phi) is 6.03. The molecule has 0 atom stereocenters. The average Bonchev–Trinajstić information content (AvgIpc) is 2.38. The van der Waals surface area contributed by atoms with Gasteiger partial charge in [0.15, 0.2) is 5.84 Å². The number of aromatic nitrogens is 1. The van der Waals surface area contributed by atoms with Crippen molar-refractivity contribution < 1.29 is 9.94 Å². The second kappa shape index (κ2) is 7.62. The van der Waals surface area contributed by atoms with Crippen LogP contribution >= 0.6 is 0 Å². The number of hydrogen-bond acceptors (Lipinski definition) is 4. The molecule has 1 heterocycles. The summed E-state index contributed by atoms with van der Waals surface area (Å²) in [5.41, 5.74) is 6.89. The Labute approximate surface area is 101 Å². The molecular formula is C12H19N3O2. The van der Waals surface area contributed by atoms with Crippen LogP contribution in [0.1, 0.15) is 37.4 Å². The van der Waals surface area contributed by atoms with Crippen LogP contribution in [0.15, 0.2) is 23.5 Å². The third kappa shape index (κ3) is 4.82. The van der Waals surface area contributed by atoms with Crippen LogP contribution < -0.4 is 5.73 Å². The molecule has 1 aromatic heterocycles. The van der Waals surface area contributed by atoms with Crippen LogP contribution in [0.3, 0.4) is 0 Å². The summed E-state index contributed by atoms with van der Waals surface area (Å²) < 4.78 is 5.52. The molecule has 0 aromatic carbocycles. The van der Waals surface area contributed by atoms with Gasteiger partial charge < -0.3 is 15.7 Å². The Morgan fingerprint density at radius 3 is 3.06 bits per heavy atom. The first kappa shape index (κ1) is 13.4. The minimum Gasteiger partial charge on any atom is -0.409 e. The molecule has 3 N–H and O–H groups in total. The molecule has 5 nitrogen and oxygen atoms in total. The number of unbranched alkanes of at least 4 members (excludes halogenated alkanes) is 2. The zero-order chi connectivity index (χ0) is 12.5. The zero-order valence-electron chi connectivity index (χ0n) is 10.1. The summed E-state index contributed by atoms with van der Waals surface area (Å²) in [5.74, 6) is 0.0119. The summed E-state index contributed by atoms with van der Waals surface area (Å²) in [4.78, 5) is 4.00. The van der Waals surface area contributed by atoms with Crippen LogP contribution in [0.2, 0.25) is 0 Å². The smallest absolute Gasteiger partial charge is 0.188 e. The summed E-state index contributed by atoms with van der Waals surface area (Å²) in [6, 6.07) is 3.61. The monoisotopic (exact) mass is 237 g/mol. The minimum atomic E-state index is 0.0119. The van der Waals surface area contributed by atoms with Crippen LogP contribution in [0.25, 0.3) is 0 Å². The van der Waals surface area contributed by atoms with Crippen molar-refractivity contribution in [3.05, 3.63) is 29.6 Å². The number of nitrogens with two attached hydrogens (primary N) is 1. The van der Waals surface area contributed by atoms with E-state index in [1.54, 1.807) is 12.3 Å². The SMILES string of the molecule is CCCCCOCc1ccnc(C(N)=NO)c1. The number of amidine groups is 1. The number of nitrogens with zero attached hydrogens (tertiary/aromatic N) is 2. The van der Waals surface area contributed by atoms with Gasteiger partial charge in [-0.3, -0.25) is 4.98 Å². The summed E-state index contributed by atoms with van der Waals surface area (Å²) in [5, 5.41) is 11.5. The van der Waals surface area contributed by atoms with Gasteiger partial charge in [-0.2, -0.15) is 0 Å². The number of hydrogen-bond donors (Lipinski definition) is 2. The Bertz CT molecular complexity index is 367. The molecule has 1 rings (SSSR count). The van der Waals surface area contributed by atoms with E-state index in [2.05, 4.69) is 17.1 Å². The van der Waals surface area contributed by atoms with Crippen molar-refractivity contribution in [3.63, 3.8) is 0 Å². The van der Waals surface area contributed by atoms with Gasteiger partial charge in [0.05, 0.1) is 6.61 Å². The van der Waals surface area contributed by atoms with Gasteiger partial charge in [-0.25, -0.2) is 0 Å². The van der Waals surface area contributed by atoms with Gasteiger partial charge >= 0.3 is 0 Å². The topological polar surface area (TPSA) is 80.7 Å². The Hall–Kier alpha value is -1.62. The van der Waals surface area contributed by atoms with Crippen molar-refractivity contribution in [3.8, 4) is 0 Å². The fourth-order valence-electron chi connectivity index (χ4n) is 1.40. The van der Waals surface area contributed by atoms with Crippen molar-refractivity contribution in [1.82, 2.24) is 4.98 Å². The number of oxime groups is 1. The van der Waals surface area contributed by atoms with Gasteiger partial charge in [0, 0.05) is 12.8 Å². The Morgan fingerprint density at radius 2 is 2.35 bits per heavy atom. The molecule has 94 valence electrons. The van der Waals surface area contributed by atoms with E-state index in [4.69, 9.17) is 15.7 Å². The molecule has 0 fully saturated rings. The third-order valence-electron chi connectivity index (χ3n) is 2.36. The normalized spacial score (nSPS) is 11.7. The quantitative estimate of drug-likeness (QED) is 0.249. The van der Waals surface area contributed by atoms with Gasteiger partial charge in [-0.15, -0.1) is 0 Å². The maximum Gasteiger partial charge on any atom is 0.188 e. The summed E-state index contributed by atoms with van der Waals surface area (Å²) in [6.07, 6.45) is 5.07. The number of pyridine rings is 1. The van der Waals surface area contributed by atoms with Crippen molar-refractivity contribution in [2.45, 2.75) is 32.8 Å². The first-order chi connectivity index (χ1) is 8.27. The molecule has 0 radical (unpaired) electrons. The van der Waals surface area contributed by atoms with E-state index < -0.39 is 0 Å². The highest BCUT2D eigenvalue weighted by molar-refractivity contribution is 5.95. The van der Waals surface area contributed by atoms with Crippen LogP contribution in [-0.2, 0) is 11.3 Å². The average molecular weight is 237 g/mol. The molecule has 0 unspecified atom stereocenters. The molecule has 0 amide bonds. The highest BCUT2D eigenvalue weighted by Crippen LogP contribution is 2.04. The third-order valence-corrected chi connectivity index (χ3v) is 2.36. The summed E-state index contributed by atoms with van der Waals surface area (Å²) in [6.45, 7) is 3.44. The van der Waals surface area contributed by atoms with E-state index in [0.29, 0.717) is 12.3 Å². The van der Waals surface area contributed by atoms with E-state index in [1.807, 2.05) is 6.07 Å². The maximum absolute atomic E-state index is 8.54. The van der Waals surface area contributed by atoms with Crippen molar-refractivity contribution in [1.29, 1.82) is 0 Å². The second-order valence-electron chi connectivity index (χ2n) is 3.79.